The monoisotopic (exact) mass is 231 g/mol. The molecular weight excluding hydrogens is 214 g/mol. The SMILES string of the molecule is C[Si](C)(C)Oc1ccc2c(c1)CCC2C#N. The molecule has 1 aliphatic carbocycles. The summed E-state index contributed by atoms with van der Waals surface area (Å²) < 4.78 is 5.95. The fourth-order valence-electron chi connectivity index (χ4n) is 2.15. The molecule has 0 aliphatic heterocycles. The highest BCUT2D eigenvalue weighted by Crippen LogP contribution is 2.35. The first kappa shape index (κ1) is 11.2. The van der Waals surface area contributed by atoms with E-state index in [-0.39, 0.29) is 5.92 Å². The van der Waals surface area contributed by atoms with E-state index in [1.165, 1.54) is 11.1 Å². The second-order valence-electron chi connectivity index (χ2n) is 5.30. The van der Waals surface area contributed by atoms with Crippen LogP contribution in [0, 0.1) is 11.3 Å². The molecule has 0 spiro atoms. The quantitative estimate of drug-likeness (QED) is 0.730. The van der Waals surface area contributed by atoms with Crippen molar-refractivity contribution in [3.63, 3.8) is 0 Å². The topological polar surface area (TPSA) is 33.0 Å². The van der Waals surface area contributed by atoms with Gasteiger partial charge in [-0.25, -0.2) is 0 Å². The summed E-state index contributed by atoms with van der Waals surface area (Å²) >= 11 is 0. The fraction of sp³-hybridized carbons (Fsp3) is 0.462. The maximum absolute atomic E-state index is 8.99. The van der Waals surface area contributed by atoms with Gasteiger partial charge in [-0.05, 0) is 55.7 Å². The maximum Gasteiger partial charge on any atom is 0.242 e. The number of hydrogen-bond acceptors (Lipinski definition) is 2. The van der Waals surface area contributed by atoms with Gasteiger partial charge in [0.15, 0.2) is 0 Å². The van der Waals surface area contributed by atoms with Gasteiger partial charge in [0.05, 0.1) is 12.0 Å². The Hall–Kier alpha value is -1.27. The van der Waals surface area contributed by atoms with Gasteiger partial charge in [0.2, 0.25) is 8.32 Å². The van der Waals surface area contributed by atoms with Gasteiger partial charge in [-0.3, -0.25) is 0 Å². The number of aryl methyl sites for hydroxylation is 1. The molecule has 1 atom stereocenters. The van der Waals surface area contributed by atoms with Crippen LogP contribution >= 0.6 is 0 Å². The van der Waals surface area contributed by atoms with Gasteiger partial charge < -0.3 is 4.43 Å². The number of benzene rings is 1. The first-order chi connectivity index (χ1) is 7.49. The highest BCUT2D eigenvalue weighted by atomic mass is 28.4. The lowest BCUT2D eigenvalue weighted by molar-refractivity contribution is 0.557. The van der Waals surface area contributed by atoms with Crippen LogP contribution in [0.15, 0.2) is 18.2 Å². The lowest BCUT2D eigenvalue weighted by Gasteiger charge is -2.19. The summed E-state index contributed by atoms with van der Waals surface area (Å²) in [5.74, 6) is 1.06. The Bertz CT molecular complexity index is 442. The molecule has 2 rings (SSSR count). The van der Waals surface area contributed by atoms with Crippen LogP contribution in [0.4, 0.5) is 0 Å². The molecule has 0 N–H and O–H groups in total. The summed E-state index contributed by atoms with van der Waals surface area (Å²) in [7, 11) is -1.52. The van der Waals surface area contributed by atoms with Crippen molar-refractivity contribution in [2.45, 2.75) is 38.4 Å². The van der Waals surface area contributed by atoms with E-state index in [1.54, 1.807) is 0 Å². The standard InChI is InChI=1S/C13H17NOSi/c1-16(2,3)15-12-6-7-13-10(8-12)4-5-11(13)9-14/h6-8,11H,4-5H2,1-3H3. The number of rotatable bonds is 2. The summed E-state index contributed by atoms with van der Waals surface area (Å²) in [4.78, 5) is 0. The molecule has 1 aromatic carbocycles. The van der Waals surface area contributed by atoms with Crippen LogP contribution in [0.5, 0.6) is 5.75 Å². The lowest BCUT2D eigenvalue weighted by atomic mass is 10.0. The molecule has 1 unspecified atom stereocenters. The van der Waals surface area contributed by atoms with Crippen LogP contribution in [0.25, 0.3) is 0 Å². The molecule has 0 bridgehead atoms. The third kappa shape index (κ3) is 2.28. The van der Waals surface area contributed by atoms with E-state index in [4.69, 9.17) is 9.69 Å². The summed E-state index contributed by atoms with van der Waals surface area (Å²) in [6.07, 6.45) is 1.97. The number of fused-ring (bicyclic) bond motifs is 1. The van der Waals surface area contributed by atoms with Crippen LogP contribution in [-0.4, -0.2) is 8.32 Å². The summed E-state index contributed by atoms with van der Waals surface area (Å²) in [6, 6.07) is 8.54. The van der Waals surface area contributed by atoms with Gasteiger partial charge in [0.1, 0.15) is 5.75 Å². The Kier molecular flexibility index (Phi) is 2.77. The number of hydrogen-bond donors (Lipinski definition) is 0. The van der Waals surface area contributed by atoms with E-state index in [1.807, 2.05) is 6.07 Å². The van der Waals surface area contributed by atoms with Crippen molar-refractivity contribution < 1.29 is 4.43 Å². The Balaban J connectivity index is 2.26. The van der Waals surface area contributed by atoms with Gasteiger partial charge in [0, 0.05) is 0 Å². The van der Waals surface area contributed by atoms with Crippen LogP contribution in [0.1, 0.15) is 23.5 Å². The second-order valence-corrected chi connectivity index (χ2v) is 9.72. The predicted octanol–water partition coefficient (Wildman–Crippen LogP) is 3.45. The van der Waals surface area contributed by atoms with Crippen LogP contribution in [-0.2, 0) is 6.42 Å². The minimum absolute atomic E-state index is 0.0935. The molecule has 0 aromatic heterocycles. The Morgan fingerprint density at radius 2 is 2.12 bits per heavy atom. The smallest absolute Gasteiger partial charge is 0.242 e. The van der Waals surface area contributed by atoms with E-state index in [9.17, 15) is 0 Å². The molecule has 0 fully saturated rings. The predicted molar refractivity (Wildman–Crippen MR) is 67.1 cm³/mol. The van der Waals surface area contributed by atoms with E-state index in [0.717, 1.165) is 18.6 Å². The molecule has 3 heteroatoms. The van der Waals surface area contributed by atoms with Crippen molar-refractivity contribution in [2.75, 3.05) is 0 Å². The average molecular weight is 231 g/mol. The Labute approximate surface area is 98.0 Å². The molecule has 84 valence electrons. The van der Waals surface area contributed by atoms with Gasteiger partial charge in [0.25, 0.3) is 0 Å². The first-order valence-electron chi connectivity index (χ1n) is 5.71. The highest BCUT2D eigenvalue weighted by Gasteiger charge is 2.23. The lowest BCUT2D eigenvalue weighted by Crippen LogP contribution is -2.29. The maximum atomic E-state index is 8.99. The van der Waals surface area contributed by atoms with Crippen LogP contribution in [0.3, 0.4) is 0 Å². The molecule has 16 heavy (non-hydrogen) atoms. The highest BCUT2D eigenvalue weighted by molar-refractivity contribution is 6.70. The van der Waals surface area contributed by atoms with Gasteiger partial charge in [-0.1, -0.05) is 6.07 Å². The second kappa shape index (κ2) is 3.95. The van der Waals surface area contributed by atoms with Gasteiger partial charge >= 0.3 is 0 Å². The fourth-order valence-corrected chi connectivity index (χ4v) is 2.98. The van der Waals surface area contributed by atoms with E-state index in [2.05, 4.69) is 37.8 Å². The summed E-state index contributed by atoms with van der Waals surface area (Å²) in [6.45, 7) is 6.54. The average Bonchev–Trinajstić information content (AvgIpc) is 2.57. The summed E-state index contributed by atoms with van der Waals surface area (Å²) in [5, 5.41) is 8.99. The van der Waals surface area contributed by atoms with Crippen molar-refractivity contribution in [2.24, 2.45) is 0 Å². The Morgan fingerprint density at radius 1 is 1.38 bits per heavy atom. The molecule has 0 heterocycles. The molecule has 0 amide bonds. The van der Waals surface area contributed by atoms with Gasteiger partial charge in [-0.15, -0.1) is 0 Å². The van der Waals surface area contributed by atoms with E-state index >= 15 is 0 Å². The zero-order valence-electron chi connectivity index (χ0n) is 10.1. The van der Waals surface area contributed by atoms with Crippen molar-refractivity contribution in [3.05, 3.63) is 29.3 Å². The van der Waals surface area contributed by atoms with Crippen LogP contribution in [0.2, 0.25) is 19.6 Å². The van der Waals surface area contributed by atoms with E-state index < -0.39 is 8.32 Å². The number of nitriles is 1. The molecule has 1 aromatic rings. The Morgan fingerprint density at radius 3 is 2.75 bits per heavy atom. The molecule has 0 radical (unpaired) electrons. The zero-order valence-corrected chi connectivity index (χ0v) is 11.1. The van der Waals surface area contributed by atoms with Crippen molar-refractivity contribution in [3.8, 4) is 11.8 Å². The largest absolute Gasteiger partial charge is 0.544 e. The third-order valence-corrected chi connectivity index (χ3v) is 3.62. The van der Waals surface area contributed by atoms with Crippen molar-refractivity contribution in [1.82, 2.24) is 0 Å². The molecule has 1 aliphatic rings. The third-order valence-electron chi connectivity index (χ3n) is 2.77. The first-order valence-corrected chi connectivity index (χ1v) is 9.12. The van der Waals surface area contributed by atoms with Crippen molar-refractivity contribution >= 4 is 8.32 Å². The normalized spacial score (nSPS) is 19.0. The van der Waals surface area contributed by atoms with Crippen molar-refractivity contribution in [1.29, 1.82) is 5.26 Å². The van der Waals surface area contributed by atoms with E-state index in [0.29, 0.717) is 0 Å². The molecule has 0 saturated heterocycles. The van der Waals surface area contributed by atoms with Gasteiger partial charge in [-0.2, -0.15) is 5.26 Å². The molecule has 0 saturated carbocycles. The minimum atomic E-state index is -1.52. The summed E-state index contributed by atoms with van der Waals surface area (Å²) in [5.41, 5.74) is 2.49. The minimum Gasteiger partial charge on any atom is -0.544 e. The number of nitrogens with zero attached hydrogens (tertiary/aromatic N) is 1. The molecule has 2 nitrogen and oxygen atoms in total. The van der Waals surface area contributed by atoms with Crippen LogP contribution < -0.4 is 4.43 Å². The molecular formula is C13H17NOSi. The zero-order chi connectivity index (χ0) is 11.8.